The molecule has 1 atom stereocenters. The monoisotopic (exact) mass is 410 g/mol. The molecular formula is C21H22N4O5. The average molecular weight is 410 g/mol. The van der Waals surface area contributed by atoms with Crippen molar-refractivity contribution in [3.8, 4) is 5.69 Å². The molecule has 3 aromatic rings. The molecule has 0 aliphatic carbocycles. The molecule has 2 heterocycles. The highest BCUT2D eigenvalue weighted by molar-refractivity contribution is 6.04. The number of carbonyl (C=O) groups is 3. The molecule has 0 aliphatic heterocycles. The molecule has 0 amide bonds. The molecule has 30 heavy (non-hydrogen) atoms. The second-order valence-electron chi connectivity index (χ2n) is 6.64. The highest BCUT2D eigenvalue weighted by Gasteiger charge is 2.27. The Morgan fingerprint density at radius 1 is 1.13 bits per heavy atom. The predicted molar refractivity (Wildman–Crippen MR) is 107 cm³/mol. The lowest BCUT2D eigenvalue weighted by atomic mass is 10.1. The fourth-order valence-electron chi connectivity index (χ4n) is 3.08. The highest BCUT2D eigenvalue weighted by Crippen LogP contribution is 2.21. The van der Waals surface area contributed by atoms with Crippen LogP contribution in [0.1, 0.15) is 56.3 Å². The molecule has 9 nitrogen and oxygen atoms in total. The summed E-state index contributed by atoms with van der Waals surface area (Å²) < 4.78 is 11.9. The van der Waals surface area contributed by atoms with E-state index < -0.39 is 23.8 Å². The van der Waals surface area contributed by atoms with Crippen molar-refractivity contribution in [3.05, 3.63) is 65.0 Å². The Balaban J connectivity index is 1.72. The van der Waals surface area contributed by atoms with Gasteiger partial charge in [-0.2, -0.15) is 5.10 Å². The van der Waals surface area contributed by atoms with E-state index in [1.165, 1.54) is 13.3 Å². The van der Waals surface area contributed by atoms with Gasteiger partial charge in [0.1, 0.15) is 12.7 Å². The van der Waals surface area contributed by atoms with Gasteiger partial charge < -0.3 is 14.5 Å². The first-order chi connectivity index (χ1) is 14.3. The normalized spacial score (nSPS) is 11.7. The van der Waals surface area contributed by atoms with Crippen LogP contribution in [-0.4, -0.2) is 50.2 Å². The maximum absolute atomic E-state index is 12.8. The molecule has 0 unspecified atom stereocenters. The Morgan fingerprint density at radius 2 is 1.83 bits per heavy atom. The molecule has 0 spiro atoms. The molecule has 3 rings (SSSR count). The molecular weight excluding hydrogens is 388 g/mol. The Morgan fingerprint density at radius 3 is 2.43 bits per heavy atom. The Hall–Kier alpha value is -3.75. The van der Waals surface area contributed by atoms with Crippen molar-refractivity contribution in [2.75, 3.05) is 6.61 Å². The van der Waals surface area contributed by atoms with Crippen LogP contribution >= 0.6 is 0 Å². The lowest BCUT2D eigenvalue weighted by molar-refractivity contribution is 0.0316. The molecule has 156 valence electrons. The SMILES string of the molecule is CCOC(=O)c1c(C)[nH]c(C(=O)[C@H](C)OC(=O)c2ccc(-n3cncn3)cc2)c1C. The van der Waals surface area contributed by atoms with Crippen LogP contribution in [-0.2, 0) is 9.47 Å². The number of ether oxygens (including phenoxy) is 2. The fraction of sp³-hybridized carbons (Fsp3) is 0.286. The first-order valence-corrected chi connectivity index (χ1v) is 9.40. The second-order valence-corrected chi connectivity index (χ2v) is 6.64. The van der Waals surface area contributed by atoms with Crippen LogP contribution in [0.4, 0.5) is 0 Å². The fourth-order valence-corrected chi connectivity index (χ4v) is 3.08. The Bertz CT molecular complexity index is 1070. The van der Waals surface area contributed by atoms with E-state index in [1.54, 1.807) is 56.0 Å². The molecule has 2 aromatic heterocycles. The molecule has 9 heteroatoms. The minimum absolute atomic E-state index is 0.220. The number of hydrogen-bond acceptors (Lipinski definition) is 7. The van der Waals surface area contributed by atoms with E-state index in [-0.39, 0.29) is 12.3 Å². The van der Waals surface area contributed by atoms with Crippen molar-refractivity contribution in [3.63, 3.8) is 0 Å². The van der Waals surface area contributed by atoms with Gasteiger partial charge in [-0.1, -0.05) is 0 Å². The Labute approximate surface area is 173 Å². The third kappa shape index (κ3) is 4.14. The summed E-state index contributed by atoms with van der Waals surface area (Å²) in [6, 6.07) is 6.56. The van der Waals surface area contributed by atoms with Gasteiger partial charge >= 0.3 is 11.9 Å². The summed E-state index contributed by atoms with van der Waals surface area (Å²) in [6.45, 7) is 6.77. The van der Waals surface area contributed by atoms with Crippen LogP contribution in [0.3, 0.4) is 0 Å². The van der Waals surface area contributed by atoms with Crippen molar-refractivity contribution in [1.29, 1.82) is 0 Å². The number of carbonyl (C=O) groups excluding carboxylic acids is 3. The van der Waals surface area contributed by atoms with Gasteiger partial charge in [0.15, 0.2) is 6.10 Å². The summed E-state index contributed by atoms with van der Waals surface area (Å²) in [7, 11) is 0. The number of nitrogens with zero attached hydrogens (tertiary/aromatic N) is 3. The predicted octanol–water partition coefficient (Wildman–Crippen LogP) is 2.82. The van der Waals surface area contributed by atoms with E-state index in [4.69, 9.17) is 9.47 Å². The Kier molecular flexibility index (Phi) is 6.10. The molecule has 1 aromatic carbocycles. The van der Waals surface area contributed by atoms with E-state index in [0.29, 0.717) is 22.4 Å². The quantitative estimate of drug-likeness (QED) is 0.470. The van der Waals surface area contributed by atoms with Crippen molar-refractivity contribution >= 4 is 17.7 Å². The van der Waals surface area contributed by atoms with E-state index in [0.717, 1.165) is 5.69 Å². The summed E-state index contributed by atoms with van der Waals surface area (Å²) >= 11 is 0. The largest absolute Gasteiger partial charge is 0.462 e. The summed E-state index contributed by atoms with van der Waals surface area (Å²) in [5.74, 6) is -1.56. The van der Waals surface area contributed by atoms with Crippen LogP contribution in [0.5, 0.6) is 0 Å². The standard InChI is InChI=1S/C21H22N4O5/c1-5-29-21(28)17-12(2)18(24-13(17)3)19(26)14(4)30-20(27)15-6-8-16(9-7-15)25-11-22-10-23-25/h6-11,14,24H,5H2,1-4H3/t14-/m0/s1. The van der Waals surface area contributed by atoms with Crippen molar-refractivity contribution < 1.29 is 23.9 Å². The molecule has 0 bridgehead atoms. The number of aromatic nitrogens is 4. The summed E-state index contributed by atoms with van der Waals surface area (Å²) in [5, 5.41) is 4.02. The number of hydrogen-bond donors (Lipinski definition) is 1. The number of ketones is 1. The zero-order chi connectivity index (χ0) is 21.8. The number of aryl methyl sites for hydroxylation is 1. The first-order valence-electron chi connectivity index (χ1n) is 9.40. The number of Topliss-reactive ketones (excluding diaryl/α,β-unsaturated/α-hetero) is 1. The van der Waals surface area contributed by atoms with E-state index in [1.807, 2.05) is 0 Å². The minimum Gasteiger partial charge on any atom is -0.462 e. The van der Waals surface area contributed by atoms with Gasteiger partial charge in [-0.05, 0) is 57.5 Å². The van der Waals surface area contributed by atoms with E-state index >= 15 is 0 Å². The number of nitrogens with one attached hydrogen (secondary N) is 1. The van der Waals surface area contributed by atoms with Gasteiger partial charge in [-0.3, -0.25) is 4.79 Å². The van der Waals surface area contributed by atoms with Crippen molar-refractivity contribution in [2.45, 2.75) is 33.8 Å². The van der Waals surface area contributed by atoms with Crippen LogP contribution in [0, 0.1) is 13.8 Å². The maximum atomic E-state index is 12.8. The van der Waals surface area contributed by atoms with Gasteiger partial charge in [0.2, 0.25) is 5.78 Å². The van der Waals surface area contributed by atoms with Crippen LogP contribution in [0.2, 0.25) is 0 Å². The van der Waals surface area contributed by atoms with Gasteiger partial charge in [0.25, 0.3) is 0 Å². The van der Waals surface area contributed by atoms with Crippen LogP contribution in [0.15, 0.2) is 36.9 Å². The lowest BCUT2D eigenvalue weighted by Crippen LogP contribution is -2.25. The molecule has 0 radical (unpaired) electrons. The molecule has 0 saturated carbocycles. The topological polar surface area (TPSA) is 116 Å². The number of benzene rings is 1. The van der Waals surface area contributed by atoms with Gasteiger partial charge in [-0.25, -0.2) is 19.3 Å². The van der Waals surface area contributed by atoms with Crippen LogP contribution in [0.25, 0.3) is 5.69 Å². The third-order valence-electron chi connectivity index (χ3n) is 4.60. The smallest absolute Gasteiger partial charge is 0.340 e. The molecule has 0 saturated heterocycles. The van der Waals surface area contributed by atoms with Crippen molar-refractivity contribution in [1.82, 2.24) is 19.7 Å². The number of aromatic amines is 1. The molecule has 0 aliphatic rings. The highest BCUT2D eigenvalue weighted by atomic mass is 16.5. The summed E-state index contributed by atoms with van der Waals surface area (Å²) in [6.07, 6.45) is 1.91. The molecule has 0 fully saturated rings. The second kappa shape index (κ2) is 8.73. The number of rotatable bonds is 7. The lowest BCUT2D eigenvalue weighted by Gasteiger charge is -2.12. The van der Waals surface area contributed by atoms with Crippen molar-refractivity contribution in [2.24, 2.45) is 0 Å². The van der Waals surface area contributed by atoms with Gasteiger partial charge in [0, 0.05) is 5.69 Å². The zero-order valence-corrected chi connectivity index (χ0v) is 17.1. The number of H-pyrrole nitrogens is 1. The van der Waals surface area contributed by atoms with E-state index in [9.17, 15) is 14.4 Å². The third-order valence-corrected chi connectivity index (χ3v) is 4.60. The first kappa shape index (κ1) is 21.0. The minimum atomic E-state index is -1.04. The van der Waals surface area contributed by atoms with Crippen LogP contribution < -0.4 is 0 Å². The maximum Gasteiger partial charge on any atom is 0.340 e. The van der Waals surface area contributed by atoms with Gasteiger partial charge in [-0.15, -0.1) is 0 Å². The summed E-state index contributed by atoms with van der Waals surface area (Å²) in [4.78, 5) is 44.2. The zero-order valence-electron chi connectivity index (χ0n) is 17.1. The average Bonchev–Trinajstić information content (AvgIpc) is 3.36. The molecule has 1 N–H and O–H groups in total. The van der Waals surface area contributed by atoms with E-state index in [2.05, 4.69) is 15.1 Å². The summed E-state index contributed by atoms with van der Waals surface area (Å²) in [5.41, 5.74) is 2.56. The van der Waals surface area contributed by atoms with Gasteiger partial charge in [0.05, 0.1) is 29.1 Å². The number of esters is 2.